The molecule has 18 heavy (non-hydrogen) atoms. The Hall–Kier alpha value is -1.51. The topological polar surface area (TPSA) is 70.7 Å². The van der Waals surface area contributed by atoms with Crippen molar-refractivity contribution in [1.82, 2.24) is 14.5 Å². The molecule has 0 atom stereocenters. The van der Waals surface area contributed by atoms with Crippen LogP contribution in [0.15, 0.2) is 26.4 Å². The number of aromatic nitrogens is 3. The zero-order valence-electron chi connectivity index (χ0n) is 8.93. The molecule has 0 spiro atoms. The van der Waals surface area contributed by atoms with Gasteiger partial charge in [-0.05, 0) is 23.7 Å². The number of hydrogen-bond donors (Lipinski definition) is 2. The molecule has 0 aliphatic rings. The first-order chi connectivity index (χ1) is 8.65. The van der Waals surface area contributed by atoms with E-state index in [2.05, 4.69) is 9.97 Å². The van der Waals surface area contributed by atoms with Crippen LogP contribution < -0.4 is 10.4 Å². The second-order valence-corrected chi connectivity index (χ2v) is 5.80. The lowest BCUT2D eigenvalue weighted by Gasteiger charge is -2.04. The van der Waals surface area contributed by atoms with Crippen molar-refractivity contribution in [1.29, 1.82) is 0 Å². The van der Waals surface area contributed by atoms with E-state index in [9.17, 15) is 9.59 Å². The van der Waals surface area contributed by atoms with Crippen molar-refractivity contribution in [3.05, 3.63) is 47.3 Å². The molecule has 0 radical (unpaired) electrons. The molecule has 3 rings (SSSR count). The van der Waals surface area contributed by atoms with Gasteiger partial charge in [-0.2, -0.15) is 0 Å². The quantitative estimate of drug-likeness (QED) is 0.710. The molecule has 5 nitrogen and oxygen atoms in total. The number of hydrogen-bond acceptors (Lipinski definition) is 5. The maximum atomic E-state index is 12.2. The normalized spacial score (nSPS) is 11.1. The minimum absolute atomic E-state index is 0.129. The summed E-state index contributed by atoms with van der Waals surface area (Å²) in [6.45, 7) is 0.279. The molecule has 0 aliphatic carbocycles. The van der Waals surface area contributed by atoms with Crippen LogP contribution in [-0.4, -0.2) is 14.5 Å². The summed E-state index contributed by atoms with van der Waals surface area (Å²) in [6, 6.07) is 1.83. The second-order valence-electron chi connectivity index (χ2n) is 3.66. The lowest BCUT2D eigenvalue weighted by molar-refractivity contribution is 0.721. The highest BCUT2D eigenvalue weighted by Crippen LogP contribution is 2.14. The standard InChI is InChI=1S/C10H7N3O2S3/c14-8-7-6(1-2-17-7)12-9(16)13(8)3-5-4-18-10(15)11-5/h1-2,4H,3H2,(H,11,15)(H,12,16). The van der Waals surface area contributed by atoms with Crippen LogP contribution in [0.2, 0.25) is 0 Å². The molecule has 0 saturated carbocycles. The molecule has 92 valence electrons. The van der Waals surface area contributed by atoms with E-state index in [-0.39, 0.29) is 17.0 Å². The van der Waals surface area contributed by atoms with E-state index in [0.29, 0.717) is 15.2 Å². The fraction of sp³-hybridized carbons (Fsp3) is 0.100. The molecule has 3 aromatic rings. The van der Waals surface area contributed by atoms with Crippen LogP contribution >= 0.6 is 34.9 Å². The number of thiophene rings is 1. The number of fused-ring (bicyclic) bond motifs is 1. The van der Waals surface area contributed by atoms with Crippen molar-refractivity contribution in [2.45, 2.75) is 6.54 Å². The molecule has 0 aromatic carbocycles. The minimum Gasteiger partial charge on any atom is -0.331 e. The van der Waals surface area contributed by atoms with Gasteiger partial charge in [0.25, 0.3) is 5.56 Å². The summed E-state index contributed by atoms with van der Waals surface area (Å²) < 4.78 is 2.45. The highest BCUT2D eigenvalue weighted by Gasteiger charge is 2.08. The number of rotatable bonds is 2. The van der Waals surface area contributed by atoms with Crippen molar-refractivity contribution in [2.75, 3.05) is 0 Å². The van der Waals surface area contributed by atoms with Crippen LogP contribution in [0.1, 0.15) is 5.69 Å². The summed E-state index contributed by atoms with van der Waals surface area (Å²) in [5, 5.41) is 3.54. The summed E-state index contributed by atoms with van der Waals surface area (Å²) in [5.41, 5.74) is 1.31. The first kappa shape index (κ1) is 11.6. The number of aromatic amines is 2. The SMILES string of the molecule is O=c1[nH]c(Cn2c(=S)[nH]c3ccsc3c2=O)cs1. The average molecular weight is 297 g/mol. The van der Waals surface area contributed by atoms with Gasteiger partial charge >= 0.3 is 4.87 Å². The van der Waals surface area contributed by atoms with Gasteiger partial charge in [-0.25, -0.2) is 0 Å². The summed E-state index contributed by atoms with van der Waals surface area (Å²) in [4.78, 5) is 28.8. The highest BCUT2D eigenvalue weighted by molar-refractivity contribution is 7.71. The molecular weight excluding hydrogens is 290 g/mol. The third-order valence-electron chi connectivity index (χ3n) is 2.49. The van der Waals surface area contributed by atoms with Crippen LogP contribution in [0.25, 0.3) is 10.2 Å². The predicted molar refractivity (Wildman–Crippen MR) is 75.3 cm³/mol. The molecule has 0 bridgehead atoms. The smallest absolute Gasteiger partial charge is 0.304 e. The third-order valence-corrected chi connectivity index (χ3v) is 4.43. The Kier molecular flexibility index (Phi) is 2.77. The van der Waals surface area contributed by atoms with Crippen molar-refractivity contribution in [3.63, 3.8) is 0 Å². The van der Waals surface area contributed by atoms with Gasteiger partial charge in [-0.15, -0.1) is 11.3 Å². The maximum Gasteiger partial charge on any atom is 0.304 e. The summed E-state index contributed by atoms with van der Waals surface area (Å²) >= 11 is 7.61. The predicted octanol–water partition coefficient (Wildman–Crippen LogP) is 1.92. The van der Waals surface area contributed by atoms with E-state index in [0.717, 1.165) is 16.9 Å². The number of H-pyrrole nitrogens is 2. The van der Waals surface area contributed by atoms with Crippen LogP contribution in [0.4, 0.5) is 0 Å². The largest absolute Gasteiger partial charge is 0.331 e. The Morgan fingerprint density at radius 2 is 2.11 bits per heavy atom. The summed E-state index contributed by atoms with van der Waals surface area (Å²) in [5.74, 6) is 0. The highest BCUT2D eigenvalue weighted by atomic mass is 32.1. The van der Waals surface area contributed by atoms with Crippen molar-refractivity contribution < 1.29 is 0 Å². The summed E-state index contributed by atoms with van der Waals surface area (Å²) in [7, 11) is 0. The van der Waals surface area contributed by atoms with Gasteiger partial charge in [0.15, 0.2) is 4.77 Å². The fourth-order valence-electron chi connectivity index (χ4n) is 1.68. The van der Waals surface area contributed by atoms with E-state index in [4.69, 9.17) is 12.2 Å². The van der Waals surface area contributed by atoms with Crippen LogP contribution in [0.3, 0.4) is 0 Å². The molecule has 3 heterocycles. The molecule has 0 amide bonds. The van der Waals surface area contributed by atoms with Crippen molar-refractivity contribution >= 4 is 45.1 Å². The number of thiazole rings is 1. The van der Waals surface area contributed by atoms with Gasteiger partial charge in [-0.1, -0.05) is 11.3 Å². The molecule has 0 aliphatic heterocycles. The Morgan fingerprint density at radius 3 is 2.83 bits per heavy atom. The van der Waals surface area contributed by atoms with Crippen LogP contribution in [-0.2, 0) is 6.54 Å². The molecule has 0 fully saturated rings. The zero-order chi connectivity index (χ0) is 12.7. The average Bonchev–Trinajstić information content (AvgIpc) is 2.93. The molecule has 0 saturated heterocycles. The maximum absolute atomic E-state index is 12.2. The minimum atomic E-state index is -0.134. The molecular formula is C10H7N3O2S3. The van der Waals surface area contributed by atoms with E-state index < -0.39 is 0 Å². The number of nitrogens with zero attached hydrogens (tertiary/aromatic N) is 1. The van der Waals surface area contributed by atoms with Gasteiger partial charge in [0.05, 0.1) is 12.1 Å². The Labute approximate surface area is 113 Å². The molecule has 3 aromatic heterocycles. The lowest BCUT2D eigenvalue weighted by atomic mass is 10.4. The molecule has 8 heteroatoms. The first-order valence-electron chi connectivity index (χ1n) is 5.02. The van der Waals surface area contributed by atoms with Crippen molar-refractivity contribution in [3.8, 4) is 0 Å². The van der Waals surface area contributed by atoms with Crippen molar-refractivity contribution in [2.24, 2.45) is 0 Å². The van der Waals surface area contributed by atoms with Gasteiger partial charge in [0, 0.05) is 11.1 Å². The zero-order valence-corrected chi connectivity index (χ0v) is 11.4. The Morgan fingerprint density at radius 1 is 1.28 bits per heavy atom. The monoisotopic (exact) mass is 297 g/mol. The molecule has 2 N–H and O–H groups in total. The van der Waals surface area contributed by atoms with Gasteiger partial charge in [0.2, 0.25) is 0 Å². The van der Waals surface area contributed by atoms with E-state index in [1.165, 1.54) is 15.9 Å². The molecule has 0 unspecified atom stereocenters. The van der Waals surface area contributed by atoms with E-state index >= 15 is 0 Å². The Bertz CT molecular complexity index is 880. The second kappa shape index (κ2) is 4.30. The van der Waals surface area contributed by atoms with Gasteiger partial charge < -0.3 is 9.97 Å². The van der Waals surface area contributed by atoms with Gasteiger partial charge in [-0.3, -0.25) is 14.2 Å². The van der Waals surface area contributed by atoms with E-state index in [1.807, 2.05) is 11.4 Å². The third kappa shape index (κ3) is 1.88. The van der Waals surface area contributed by atoms with Crippen LogP contribution in [0, 0.1) is 4.77 Å². The van der Waals surface area contributed by atoms with E-state index in [1.54, 1.807) is 5.38 Å². The fourth-order valence-corrected chi connectivity index (χ4v) is 3.30. The number of nitrogens with one attached hydrogen (secondary N) is 2. The lowest BCUT2D eigenvalue weighted by Crippen LogP contribution is -2.22. The Balaban J connectivity index is 2.19. The summed E-state index contributed by atoms with van der Waals surface area (Å²) in [6.07, 6.45) is 0. The van der Waals surface area contributed by atoms with Gasteiger partial charge in [0.1, 0.15) is 4.70 Å². The first-order valence-corrected chi connectivity index (χ1v) is 7.19. The van der Waals surface area contributed by atoms with Crippen LogP contribution in [0.5, 0.6) is 0 Å².